The summed E-state index contributed by atoms with van der Waals surface area (Å²) in [4.78, 5) is 12.2. The minimum Gasteiger partial charge on any atom is -0.365 e. The van der Waals surface area contributed by atoms with Crippen LogP contribution in [-0.2, 0) is 6.42 Å². The normalized spacial score (nSPS) is 11.1. The summed E-state index contributed by atoms with van der Waals surface area (Å²) < 4.78 is 0. The van der Waals surface area contributed by atoms with E-state index in [9.17, 15) is 0 Å². The fraction of sp³-hybridized carbons (Fsp3) is 0.455. The summed E-state index contributed by atoms with van der Waals surface area (Å²) in [6.07, 6.45) is 2.92. The molecule has 0 aromatic carbocycles. The lowest BCUT2D eigenvalue weighted by Crippen LogP contribution is -2.14. The average Bonchev–Trinajstić information content (AvgIpc) is 2.94. The van der Waals surface area contributed by atoms with Gasteiger partial charge >= 0.3 is 0 Å². The highest BCUT2D eigenvalue weighted by Gasteiger charge is 2.08. The molecule has 2 aromatic rings. The van der Waals surface area contributed by atoms with Crippen LogP contribution >= 0.6 is 22.7 Å². The molecule has 0 saturated carbocycles. The predicted molar refractivity (Wildman–Crippen MR) is 75.0 cm³/mol. The summed E-state index contributed by atoms with van der Waals surface area (Å²) in [5.74, 6) is 0. The van der Waals surface area contributed by atoms with E-state index in [1.807, 2.05) is 13.2 Å². The molecule has 0 aliphatic carbocycles. The maximum Gasteiger partial charge on any atom is 0.182 e. The lowest BCUT2D eigenvalue weighted by molar-refractivity contribution is 0.413. The van der Waals surface area contributed by atoms with Crippen molar-refractivity contribution in [3.63, 3.8) is 0 Å². The van der Waals surface area contributed by atoms with E-state index in [1.165, 1.54) is 5.01 Å². The maximum absolute atomic E-state index is 4.47. The largest absolute Gasteiger partial charge is 0.365 e. The standard InChI is InChI=1S/C11H16N4S2/c1-12-11-14-8(7-16-11)9-6-13-10(17-9)4-5-15(2)3/h6-7H,4-5H2,1-3H3,(H,12,14). The number of likely N-dealkylation sites (N-methyl/N-ethyl adjacent to an activating group) is 1. The fourth-order valence-corrected chi connectivity index (χ4v) is 2.98. The maximum atomic E-state index is 4.47. The van der Waals surface area contributed by atoms with Crippen LogP contribution in [0.25, 0.3) is 10.6 Å². The molecular formula is C11H16N4S2. The van der Waals surface area contributed by atoms with Gasteiger partial charge in [-0.3, -0.25) is 0 Å². The molecule has 0 saturated heterocycles. The first-order valence-corrected chi connectivity index (χ1v) is 7.11. The van der Waals surface area contributed by atoms with E-state index in [-0.39, 0.29) is 0 Å². The Morgan fingerprint density at radius 3 is 2.88 bits per heavy atom. The van der Waals surface area contributed by atoms with Crippen LogP contribution in [0.4, 0.5) is 5.13 Å². The quantitative estimate of drug-likeness (QED) is 0.904. The van der Waals surface area contributed by atoms with Crippen LogP contribution in [-0.4, -0.2) is 42.6 Å². The first kappa shape index (κ1) is 12.5. The number of hydrogen-bond acceptors (Lipinski definition) is 6. The molecule has 0 fully saturated rings. The van der Waals surface area contributed by atoms with Gasteiger partial charge in [-0.2, -0.15) is 0 Å². The van der Waals surface area contributed by atoms with E-state index >= 15 is 0 Å². The molecule has 17 heavy (non-hydrogen) atoms. The third-order valence-electron chi connectivity index (χ3n) is 2.30. The van der Waals surface area contributed by atoms with Gasteiger partial charge in [0.25, 0.3) is 0 Å². The van der Waals surface area contributed by atoms with E-state index in [1.54, 1.807) is 22.7 Å². The molecule has 0 radical (unpaired) electrons. The zero-order valence-electron chi connectivity index (χ0n) is 10.2. The van der Waals surface area contributed by atoms with Gasteiger partial charge in [0.2, 0.25) is 0 Å². The van der Waals surface area contributed by atoms with Gasteiger partial charge in [-0.1, -0.05) is 0 Å². The molecule has 1 N–H and O–H groups in total. The lowest BCUT2D eigenvalue weighted by atomic mass is 10.4. The Hall–Kier alpha value is -0.980. The Morgan fingerprint density at radius 2 is 2.24 bits per heavy atom. The molecule has 0 aliphatic heterocycles. The van der Waals surface area contributed by atoms with Crippen molar-refractivity contribution >= 4 is 27.8 Å². The van der Waals surface area contributed by atoms with E-state index in [0.29, 0.717) is 0 Å². The number of aromatic nitrogens is 2. The molecule has 92 valence electrons. The lowest BCUT2D eigenvalue weighted by Gasteiger charge is -2.06. The minimum atomic E-state index is 0.947. The topological polar surface area (TPSA) is 41.1 Å². The number of nitrogens with one attached hydrogen (secondary N) is 1. The van der Waals surface area contributed by atoms with Gasteiger partial charge in [-0.25, -0.2) is 9.97 Å². The fourth-order valence-electron chi connectivity index (χ4n) is 1.37. The van der Waals surface area contributed by atoms with Crippen molar-refractivity contribution in [1.82, 2.24) is 14.9 Å². The van der Waals surface area contributed by atoms with Gasteiger partial charge < -0.3 is 10.2 Å². The summed E-state index contributed by atoms with van der Waals surface area (Å²) in [6.45, 7) is 1.03. The van der Waals surface area contributed by atoms with Gasteiger partial charge in [-0.05, 0) is 14.1 Å². The number of rotatable bonds is 5. The number of nitrogens with zero attached hydrogens (tertiary/aromatic N) is 3. The highest BCUT2D eigenvalue weighted by Crippen LogP contribution is 2.29. The minimum absolute atomic E-state index is 0.947. The van der Waals surface area contributed by atoms with Crippen molar-refractivity contribution in [1.29, 1.82) is 0 Å². The molecule has 0 bridgehead atoms. The second-order valence-electron chi connectivity index (χ2n) is 3.96. The second kappa shape index (κ2) is 5.57. The third kappa shape index (κ3) is 3.24. The first-order chi connectivity index (χ1) is 8.19. The number of hydrogen-bond donors (Lipinski definition) is 1. The zero-order valence-corrected chi connectivity index (χ0v) is 11.9. The molecule has 0 aliphatic rings. The molecule has 2 rings (SSSR count). The second-order valence-corrected chi connectivity index (χ2v) is 5.93. The van der Waals surface area contributed by atoms with Gasteiger partial charge in [0.15, 0.2) is 5.13 Å². The van der Waals surface area contributed by atoms with Crippen LogP contribution < -0.4 is 5.32 Å². The molecule has 6 heteroatoms. The SMILES string of the molecule is CNc1nc(-c2cnc(CCN(C)C)s2)cs1. The van der Waals surface area contributed by atoms with Crippen molar-refractivity contribution in [2.24, 2.45) is 0 Å². The van der Waals surface area contributed by atoms with Crippen molar-refractivity contribution < 1.29 is 0 Å². The van der Waals surface area contributed by atoms with Crippen molar-refractivity contribution in [2.75, 3.05) is 33.0 Å². The highest BCUT2D eigenvalue weighted by atomic mass is 32.1. The zero-order chi connectivity index (χ0) is 12.3. The van der Waals surface area contributed by atoms with Gasteiger partial charge in [-0.15, -0.1) is 22.7 Å². The van der Waals surface area contributed by atoms with E-state index < -0.39 is 0 Å². The van der Waals surface area contributed by atoms with Crippen molar-refractivity contribution in [3.05, 3.63) is 16.6 Å². The number of thiazole rings is 2. The molecule has 0 spiro atoms. The Morgan fingerprint density at radius 1 is 1.41 bits per heavy atom. The van der Waals surface area contributed by atoms with Crippen molar-refractivity contribution in [2.45, 2.75) is 6.42 Å². The summed E-state index contributed by atoms with van der Waals surface area (Å²) >= 11 is 3.35. The van der Waals surface area contributed by atoms with E-state index in [4.69, 9.17) is 0 Å². The van der Waals surface area contributed by atoms with Crippen LogP contribution in [0.5, 0.6) is 0 Å². The molecule has 0 unspecified atom stereocenters. The first-order valence-electron chi connectivity index (χ1n) is 5.42. The van der Waals surface area contributed by atoms with E-state index in [0.717, 1.165) is 28.7 Å². The summed E-state index contributed by atoms with van der Waals surface area (Å²) in [5, 5.41) is 7.23. The van der Waals surface area contributed by atoms with Crippen LogP contribution in [0.15, 0.2) is 11.6 Å². The predicted octanol–water partition coefficient (Wildman–Crippen LogP) is 2.41. The van der Waals surface area contributed by atoms with Crippen LogP contribution in [0.3, 0.4) is 0 Å². The smallest absolute Gasteiger partial charge is 0.182 e. The van der Waals surface area contributed by atoms with Gasteiger partial charge in [0, 0.05) is 31.6 Å². The monoisotopic (exact) mass is 268 g/mol. The van der Waals surface area contributed by atoms with Crippen molar-refractivity contribution in [3.8, 4) is 10.6 Å². The Kier molecular flexibility index (Phi) is 4.09. The molecule has 0 amide bonds. The number of anilines is 1. The Balaban J connectivity index is 2.07. The van der Waals surface area contributed by atoms with Crippen LogP contribution in [0, 0.1) is 0 Å². The summed E-state index contributed by atoms with van der Waals surface area (Å²) in [6, 6.07) is 0. The Labute approximate surface area is 109 Å². The molecule has 4 nitrogen and oxygen atoms in total. The van der Waals surface area contributed by atoms with Gasteiger partial charge in [0.05, 0.1) is 15.6 Å². The molecule has 2 heterocycles. The highest BCUT2D eigenvalue weighted by molar-refractivity contribution is 7.16. The summed E-state index contributed by atoms with van der Waals surface area (Å²) in [5.41, 5.74) is 1.02. The van der Waals surface area contributed by atoms with Crippen LogP contribution in [0.2, 0.25) is 0 Å². The average molecular weight is 268 g/mol. The Bertz CT molecular complexity index is 475. The van der Waals surface area contributed by atoms with Crippen LogP contribution in [0.1, 0.15) is 5.01 Å². The molecule has 2 aromatic heterocycles. The summed E-state index contributed by atoms with van der Waals surface area (Å²) in [7, 11) is 6.04. The van der Waals surface area contributed by atoms with Gasteiger partial charge in [0.1, 0.15) is 0 Å². The third-order valence-corrected chi connectivity index (χ3v) is 4.24. The van der Waals surface area contributed by atoms with E-state index in [2.05, 4.69) is 39.7 Å². The molecule has 0 atom stereocenters. The molecular weight excluding hydrogens is 252 g/mol.